The third-order valence-electron chi connectivity index (χ3n) is 7.76. The van der Waals surface area contributed by atoms with Crippen LogP contribution in [-0.2, 0) is 16.1 Å². The highest BCUT2D eigenvalue weighted by molar-refractivity contribution is 6.00. The van der Waals surface area contributed by atoms with Crippen molar-refractivity contribution in [3.05, 3.63) is 30.1 Å². The summed E-state index contributed by atoms with van der Waals surface area (Å²) in [5.41, 5.74) is 0.224. The highest BCUT2D eigenvalue weighted by Gasteiger charge is 2.55. The summed E-state index contributed by atoms with van der Waals surface area (Å²) in [4.78, 5) is 35.7. The number of aromatic nitrogens is 1. The van der Waals surface area contributed by atoms with Crippen molar-refractivity contribution in [2.24, 2.45) is 5.92 Å². The fraction of sp³-hybridized carbons (Fsp3) is 0.720. The molecule has 3 heterocycles. The molecule has 0 unspecified atom stereocenters. The predicted octanol–water partition coefficient (Wildman–Crippen LogP) is 3.33. The van der Waals surface area contributed by atoms with Crippen LogP contribution >= 0.6 is 24.8 Å². The Morgan fingerprint density at radius 3 is 2.47 bits per heavy atom. The van der Waals surface area contributed by atoms with Crippen LogP contribution in [-0.4, -0.2) is 69.0 Å². The first kappa shape index (κ1) is 28.8. The van der Waals surface area contributed by atoms with E-state index in [-0.39, 0.29) is 42.5 Å². The van der Waals surface area contributed by atoms with Crippen LogP contribution in [0.5, 0.6) is 0 Å². The highest BCUT2D eigenvalue weighted by Crippen LogP contribution is 2.36. The number of aliphatic hydroxyl groups is 1. The first-order valence-corrected chi connectivity index (χ1v) is 12.5. The lowest BCUT2D eigenvalue weighted by Gasteiger charge is -2.52. The number of halogens is 2. The standard InChI is InChI=1S/C25H38N4O3.2ClH/c1-2-3-15-29-23(31)21(22(30)19-9-5-4-6-10-19)27-24(32)25(29)12-16-28(17-13-25)18-20-11-7-8-14-26-20;;/h7-8,11,14,19,21-22,30H,2-6,9-10,12-13,15-18H2,1H3,(H,27,32);2*1H/t21-,22-;;/m1../s1. The summed E-state index contributed by atoms with van der Waals surface area (Å²) >= 11 is 0. The van der Waals surface area contributed by atoms with Gasteiger partial charge in [0.2, 0.25) is 11.8 Å². The molecule has 1 saturated carbocycles. The van der Waals surface area contributed by atoms with Crippen molar-refractivity contribution in [1.82, 2.24) is 20.1 Å². The Balaban J connectivity index is 0.00000204. The van der Waals surface area contributed by atoms with Crippen LogP contribution in [0, 0.1) is 5.92 Å². The van der Waals surface area contributed by atoms with Crippen LogP contribution in [0.1, 0.15) is 70.4 Å². The number of unbranched alkanes of at least 4 members (excludes halogenated alkanes) is 1. The second kappa shape index (κ2) is 13.1. The molecule has 9 heteroatoms. The maximum atomic E-state index is 13.6. The van der Waals surface area contributed by atoms with Crippen molar-refractivity contribution < 1.29 is 14.7 Å². The number of rotatable bonds is 7. The highest BCUT2D eigenvalue weighted by atomic mass is 35.5. The van der Waals surface area contributed by atoms with E-state index in [1.807, 2.05) is 23.1 Å². The van der Waals surface area contributed by atoms with E-state index in [1.54, 1.807) is 6.20 Å². The molecule has 2 N–H and O–H groups in total. The summed E-state index contributed by atoms with van der Waals surface area (Å²) in [7, 11) is 0. The zero-order valence-electron chi connectivity index (χ0n) is 20.2. The quantitative estimate of drug-likeness (QED) is 0.582. The van der Waals surface area contributed by atoms with E-state index in [1.165, 1.54) is 6.42 Å². The van der Waals surface area contributed by atoms with Gasteiger partial charge in [0, 0.05) is 32.4 Å². The number of nitrogens with one attached hydrogen (secondary N) is 1. The van der Waals surface area contributed by atoms with E-state index in [2.05, 4.69) is 22.1 Å². The van der Waals surface area contributed by atoms with Gasteiger partial charge in [-0.1, -0.05) is 38.7 Å². The minimum atomic E-state index is -0.806. The van der Waals surface area contributed by atoms with Crippen molar-refractivity contribution in [2.75, 3.05) is 19.6 Å². The summed E-state index contributed by atoms with van der Waals surface area (Å²) in [6.07, 6.45) is 9.31. The molecule has 1 aliphatic carbocycles. The third kappa shape index (κ3) is 6.04. The smallest absolute Gasteiger partial charge is 0.248 e. The fourth-order valence-electron chi connectivity index (χ4n) is 5.76. The number of nitrogens with zero attached hydrogens (tertiary/aromatic N) is 3. The molecular formula is C25H40Cl2N4O3. The second-order valence-corrected chi connectivity index (χ2v) is 9.81. The summed E-state index contributed by atoms with van der Waals surface area (Å²) in [5, 5.41) is 14.0. The van der Waals surface area contributed by atoms with Gasteiger partial charge in [0.1, 0.15) is 11.6 Å². The van der Waals surface area contributed by atoms with E-state index >= 15 is 0 Å². The van der Waals surface area contributed by atoms with Crippen LogP contribution in [0.3, 0.4) is 0 Å². The molecule has 1 aromatic heterocycles. The van der Waals surface area contributed by atoms with E-state index in [4.69, 9.17) is 0 Å². The van der Waals surface area contributed by atoms with Crippen LogP contribution in [0.2, 0.25) is 0 Å². The number of hydrogen-bond donors (Lipinski definition) is 2. The maximum Gasteiger partial charge on any atom is 0.248 e. The number of piperazine rings is 1. The number of piperidine rings is 1. The van der Waals surface area contributed by atoms with Crippen LogP contribution in [0.15, 0.2) is 24.4 Å². The molecule has 1 spiro atoms. The summed E-state index contributed by atoms with van der Waals surface area (Å²) in [6.45, 7) is 4.93. The van der Waals surface area contributed by atoms with Crippen molar-refractivity contribution >= 4 is 36.6 Å². The van der Waals surface area contributed by atoms with E-state index in [0.29, 0.717) is 19.4 Å². The molecule has 2 atom stereocenters. The molecule has 1 aromatic rings. The van der Waals surface area contributed by atoms with E-state index in [0.717, 1.165) is 63.9 Å². The summed E-state index contributed by atoms with van der Waals surface area (Å²) in [5.74, 6) is -0.0693. The third-order valence-corrected chi connectivity index (χ3v) is 7.76. The van der Waals surface area contributed by atoms with Crippen LogP contribution < -0.4 is 5.32 Å². The molecule has 3 fully saturated rings. The number of pyridine rings is 1. The average Bonchev–Trinajstić information content (AvgIpc) is 2.83. The number of amides is 2. The minimum Gasteiger partial charge on any atom is -0.390 e. The van der Waals surface area contributed by atoms with Gasteiger partial charge in [-0.25, -0.2) is 0 Å². The van der Waals surface area contributed by atoms with Crippen molar-refractivity contribution in [2.45, 2.75) is 88.9 Å². The Labute approximate surface area is 215 Å². The van der Waals surface area contributed by atoms with Crippen molar-refractivity contribution in [3.8, 4) is 0 Å². The molecule has 7 nitrogen and oxygen atoms in total. The van der Waals surface area contributed by atoms with E-state index < -0.39 is 17.7 Å². The Morgan fingerprint density at radius 1 is 1.15 bits per heavy atom. The van der Waals surface area contributed by atoms with Gasteiger partial charge in [0.25, 0.3) is 0 Å². The molecule has 2 aliphatic heterocycles. The van der Waals surface area contributed by atoms with E-state index in [9.17, 15) is 14.7 Å². The number of carbonyl (C=O) groups is 2. The molecule has 0 bridgehead atoms. The first-order valence-electron chi connectivity index (χ1n) is 12.5. The normalized spacial score (nSPS) is 24.2. The Kier molecular flexibility index (Phi) is 11.1. The van der Waals surface area contributed by atoms with Gasteiger partial charge in [-0.2, -0.15) is 0 Å². The Hall–Kier alpha value is -1.41. The predicted molar refractivity (Wildman–Crippen MR) is 137 cm³/mol. The molecule has 0 radical (unpaired) electrons. The SMILES string of the molecule is CCCCN1C(=O)[C@@H]([C@H](O)C2CCCCC2)NC(=O)C12CCN(Cc1ccccn1)CC2.Cl.Cl. The molecule has 4 rings (SSSR count). The van der Waals surface area contributed by atoms with Gasteiger partial charge in [-0.3, -0.25) is 19.5 Å². The van der Waals surface area contributed by atoms with Crippen molar-refractivity contribution in [1.29, 1.82) is 0 Å². The van der Waals surface area contributed by atoms with Crippen molar-refractivity contribution in [3.63, 3.8) is 0 Å². The van der Waals surface area contributed by atoms with Gasteiger partial charge in [0.15, 0.2) is 0 Å². The lowest BCUT2D eigenvalue weighted by atomic mass is 9.78. The zero-order valence-corrected chi connectivity index (χ0v) is 21.8. The monoisotopic (exact) mass is 514 g/mol. The minimum absolute atomic E-state index is 0. The molecule has 2 amide bonds. The first-order chi connectivity index (χ1) is 15.5. The summed E-state index contributed by atoms with van der Waals surface area (Å²) < 4.78 is 0. The van der Waals surface area contributed by atoms with Gasteiger partial charge >= 0.3 is 0 Å². The van der Waals surface area contributed by atoms with Gasteiger partial charge in [-0.05, 0) is 50.2 Å². The summed E-state index contributed by atoms with van der Waals surface area (Å²) in [6, 6.07) is 5.12. The Bertz CT molecular complexity index is 784. The maximum absolute atomic E-state index is 13.6. The number of aliphatic hydroxyl groups excluding tert-OH is 1. The van der Waals surface area contributed by atoms with Gasteiger partial charge in [-0.15, -0.1) is 24.8 Å². The van der Waals surface area contributed by atoms with Gasteiger partial charge < -0.3 is 15.3 Å². The molecule has 0 aromatic carbocycles. The van der Waals surface area contributed by atoms with Gasteiger partial charge in [0.05, 0.1) is 11.8 Å². The molecule has 192 valence electrons. The number of carbonyl (C=O) groups excluding carboxylic acids is 2. The molecule has 3 aliphatic rings. The molecule has 2 saturated heterocycles. The lowest BCUT2D eigenvalue weighted by Crippen LogP contribution is -2.75. The number of hydrogen-bond acceptors (Lipinski definition) is 5. The Morgan fingerprint density at radius 2 is 1.85 bits per heavy atom. The molecule has 34 heavy (non-hydrogen) atoms. The fourth-order valence-corrected chi connectivity index (χ4v) is 5.76. The zero-order chi connectivity index (χ0) is 22.6. The lowest BCUT2D eigenvalue weighted by molar-refractivity contribution is -0.166. The van der Waals surface area contributed by atoms with Crippen LogP contribution in [0.25, 0.3) is 0 Å². The van der Waals surface area contributed by atoms with Crippen LogP contribution in [0.4, 0.5) is 0 Å². The second-order valence-electron chi connectivity index (χ2n) is 9.81. The topological polar surface area (TPSA) is 85.8 Å². The largest absolute Gasteiger partial charge is 0.390 e. The molecular weight excluding hydrogens is 475 g/mol. The number of likely N-dealkylation sites (tertiary alicyclic amines) is 1. The average molecular weight is 516 g/mol.